The Bertz CT molecular complexity index is 621. The molecular weight excluding hydrogens is 273 g/mol. The molecule has 102 valence electrons. The first kappa shape index (κ1) is 15.9. The molecule has 1 aromatic rings. The summed E-state index contributed by atoms with van der Waals surface area (Å²) in [4.78, 5) is 12.4. The third-order valence-corrected chi connectivity index (χ3v) is 2.98. The zero-order valence-corrected chi connectivity index (χ0v) is 12.0. The van der Waals surface area contributed by atoms with Crippen molar-refractivity contribution < 1.29 is 9.18 Å². The van der Waals surface area contributed by atoms with Crippen molar-refractivity contribution in [3.63, 3.8) is 0 Å². The summed E-state index contributed by atoms with van der Waals surface area (Å²) in [6, 6.07) is 7.28. The normalized spacial score (nSPS) is 12.4. The molecule has 0 amide bonds. The molecule has 0 bridgehead atoms. The molecule has 0 fully saturated rings. The lowest BCUT2D eigenvalue weighted by Crippen LogP contribution is -2.05. The molecule has 0 saturated heterocycles. The van der Waals surface area contributed by atoms with Gasteiger partial charge in [-0.15, -0.1) is 0 Å². The SMILES string of the molecule is C=C/C(C(=O)c1ccc(F)cc1)=C(\C=C(/C)C#N)CS. The van der Waals surface area contributed by atoms with Crippen molar-refractivity contribution in [3.8, 4) is 6.07 Å². The van der Waals surface area contributed by atoms with Crippen LogP contribution in [0.4, 0.5) is 4.39 Å². The number of benzene rings is 1. The van der Waals surface area contributed by atoms with E-state index in [1.54, 1.807) is 13.0 Å². The van der Waals surface area contributed by atoms with Crippen molar-refractivity contribution in [3.05, 3.63) is 71.1 Å². The van der Waals surface area contributed by atoms with Crippen LogP contribution in [-0.2, 0) is 0 Å². The van der Waals surface area contributed by atoms with Gasteiger partial charge in [0.1, 0.15) is 5.82 Å². The summed E-state index contributed by atoms with van der Waals surface area (Å²) in [7, 11) is 0. The van der Waals surface area contributed by atoms with E-state index < -0.39 is 5.82 Å². The Kier molecular flexibility index (Phi) is 5.95. The molecule has 0 aromatic heterocycles. The van der Waals surface area contributed by atoms with E-state index in [2.05, 4.69) is 19.2 Å². The number of ketones is 1. The molecule has 1 aromatic carbocycles. The topological polar surface area (TPSA) is 40.9 Å². The highest BCUT2D eigenvalue weighted by atomic mass is 32.1. The van der Waals surface area contributed by atoms with Gasteiger partial charge in [-0.1, -0.05) is 12.7 Å². The molecule has 1 rings (SSSR count). The van der Waals surface area contributed by atoms with Crippen molar-refractivity contribution in [2.45, 2.75) is 6.92 Å². The van der Waals surface area contributed by atoms with Crippen LogP contribution in [-0.4, -0.2) is 11.5 Å². The van der Waals surface area contributed by atoms with Gasteiger partial charge in [0, 0.05) is 22.5 Å². The fourth-order valence-corrected chi connectivity index (χ4v) is 1.89. The molecule has 0 spiro atoms. The molecular formula is C16H14FNOS. The first-order valence-electron chi connectivity index (χ1n) is 5.88. The van der Waals surface area contributed by atoms with E-state index in [-0.39, 0.29) is 5.78 Å². The van der Waals surface area contributed by atoms with Gasteiger partial charge in [-0.25, -0.2) is 4.39 Å². The van der Waals surface area contributed by atoms with Crippen LogP contribution in [0.3, 0.4) is 0 Å². The number of hydrogen-bond donors (Lipinski definition) is 1. The lowest BCUT2D eigenvalue weighted by atomic mass is 9.98. The summed E-state index contributed by atoms with van der Waals surface area (Å²) < 4.78 is 12.9. The van der Waals surface area contributed by atoms with E-state index in [1.165, 1.54) is 30.3 Å². The van der Waals surface area contributed by atoms with Gasteiger partial charge in [0.25, 0.3) is 0 Å². The smallest absolute Gasteiger partial charge is 0.193 e. The second-order valence-corrected chi connectivity index (χ2v) is 4.39. The van der Waals surface area contributed by atoms with E-state index >= 15 is 0 Å². The summed E-state index contributed by atoms with van der Waals surface area (Å²) in [6.45, 7) is 5.27. The number of halogens is 1. The highest BCUT2D eigenvalue weighted by Crippen LogP contribution is 2.17. The molecule has 4 heteroatoms. The maximum Gasteiger partial charge on any atom is 0.193 e. The van der Waals surface area contributed by atoms with Crippen LogP contribution in [0.2, 0.25) is 0 Å². The Morgan fingerprint density at radius 1 is 1.45 bits per heavy atom. The van der Waals surface area contributed by atoms with Gasteiger partial charge in [-0.05, 0) is 42.8 Å². The molecule has 0 atom stereocenters. The highest BCUT2D eigenvalue weighted by Gasteiger charge is 2.13. The van der Waals surface area contributed by atoms with Crippen LogP contribution in [0.1, 0.15) is 17.3 Å². The first-order chi connectivity index (χ1) is 9.53. The second kappa shape index (κ2) is 7.46. The van der Waals surface area contributed by atoms with Crippen LogP contribution in [0.15, 0.2) is 59.7 Å². The Morgan fingerprint density at radius 2 is 2.05 bits per heavy atom. The van der Waals surface area contributed by atoms with E-state index in [9.17, 15) is 9.18 Å². The standard InChI is InChI=1S/C16H14FNOS/c1-3-15(13(10-20)8-11(2)9-18)16(19)12-4-6-14(17)7-5-12/h3-8,20H,1,10H2,2H3/b11-8+,15-13-. The number of nitrogens with zero attached hydrogens (tertiary/aromatic N) is 1. The Morgan fingerprint density at radius 3 is 2.50 bits per heavy atom. The molecule has 0 unspecified atom stereocenters. The van der Waals surface area contributed by atoms with Crippen LogP contribution < -0.4 is 0 Å². The Balaban J connectivity index is 3.29. The third kappa shape index (κ3) is 3.94. The van der Waals surface area contributed by atoms with Crippen molar-refractivity contribution >= 4 is 18.4 Å². The van der Waals surface area contributed by atoms with Gasteiger partial charge < -0.3 is 0 Å². The summed E-state index contributed by atoms with van der Waals surface area (Å²) >= 11 is 4.17. The highest BCUT2D eigenvalue weighted by molar-refractivity contribution is 7.80. The van der Waals surface area contributed by atoms with Crippen LogP contribution in [0.5, 0.6) is 0 Å². The van der Waals surface area contributed by atoms with Gasteiger partial charge in [0.05, 0.1) is 6.07 Å². The van der Waals surface area contributed by atoms with E-state index in [4.69, 9.17) is 5.26 Å². The molecule has 0 heterocycles. The van der Waals surface area contributed by atoms with Crippen molar-refractivity contribution in [2.75, 3.05) is 5.75 Å². The molecule has 0 N–H and O–H groups in total. The molecule has 20 heavy (non-hydrogen) atoms. The lowest BCUT2D eigenvalue weighted by molar-refractivity contribution is 0.103. The zero-order chi connectivity index (χ0) is 15.1. The minimum absolute atomic E-state index is 0.272. The number of carbonyl (C=O) groups excluding carboxylic acids is 1. The van der Waals surface area contributed by atoms with Crippen molar-refractivity contribution in [1.82, 2.24) is 0 Å². The number of allylic oxidation sites excluding steroid dienone is 4. The fourth-order valence-electron chi connectivity index (χ4n) is 1.63. The van der Waals surface area contributed by atoms with Crippen LogP contribution in [0.25, 0.3) is 0 Å². The summed E-state index contributed by atoms with van der Waals surface area (Å²) in [6.07, 6.45) is 3.03. The Labute approximate surface area is 123 Å². The average molecular weight is 287 g/mol. The molecule has 0 aliphatic carbocycles. The number of hydrogen-bond acceptors (Lipinski definition) is 3. The predicted molar refractivity (Wildman–Crippen MR) is 81.2 cm³/mol. The average Bonchev–Trinajstić information content (AvgIpc) is 2.47. The fraction of sp³-hybridized carbons (Fsp3) is 0.125. The van der Waals surface area contributed by atoms with Crippen molar-refractivity contribution in [2.24, 2.45) is 0 Å². The molecule has 0 aliphatic heterocycles. The van der Waals surface area contributed by atoms with E-state index in [0.717, 1.165) is 0 Å². The maximum absolute atomic E-state index is 12.9. The Hall–Kier alpha value is -2.12. The minimum Gasteiger partial charge on any atom is -0.289 e. The van der Waals surface area contributed by atoms with E-state index in [0.29, 0.717) is 28.0 Å². The minimum atomic E-state index is -0.402. The lowest BCUT2D eigenvalue weighted by Gasteiger charge is -2.07. The molecule has 2 nitrogen and oxygen atoms in total. The predicted octanol–water partition coefficient (Wildman–Crippen LogP) is 3.89. The number of carbonyl (C=O) groups is 1. The number of rotatable bonds is 5. The third-order valence-electron chi connectivity index (χ3n) is 2.64. The number of thiol groups is 1. The van der Waals surface area contributed by atoms with Gasteiger partial charge in [-0.2, -0.15) is 17.9 Å². The molecule has 0 saturated carbocycles. The molecule has 0 aliphatic rings. The van der Waals surface area contributed by atoms with Gasteiger partial charge in [0.15, 0.2) is 5.78 Å². The number of Topliss-reactive ketones (excluding diaryl/α,β-unsaturated/α-hetero) is 1. The largest absolute Gasteiger partial charge is 0.289 e. The summed E-state index contributed by atoms with van der Waals surface area (Å²) in [5.74, 6) is -0.376. The second-order valence-electron chi connectivity index (χ2n) is 4.08. The summed E-state index contributed by atoms with van der Waals surface area (Å²) in [5.41, 5.74) is 1.81. The monoisotopic (exact) mass is 287 g/mol. The van der Waals surface area contributed by atoms with Gasteiger partial charge in [0.2, 0.25) is 0 Å². The van der Waals surface area contributed by atoms with Gasteiger partial charge >= 0.3 is 0 Å². The van der Waals surface area contributed by atoms with Crippen LogP contribution >= 0.6 is 12.6 Å². The van der Waals surface area contributed by atoms with Crippen molar-refractivity contribution in [1.29, 1.82) is 5.26 Å². The molecule has 0 radical (unpaired) electrons. The first-order valence-corrected chi connectivity index (χ1v) is 6.51. The van der Waals surface area contributed by atoms with Crippen LogP contribution in [0, 0.1) is 17.1 Å². The number of nitriles is 1. The van der Waals surface area contributed by atoms with E-state index in [1.807, 2.05) is 6.07 Å². The quantitative estimate of drug-likeness (QED) is 0.293. The summed E-state index contributed by atoms with van der Waals surface area (Å²) in [5, 5.41) is 8.80. The maximum atomic E-state index is 12.9. The van der Waals surface area contributed by atoms with Gasteiger partial charge in [-0.3, -0.25) is 4.79 Å². The zero-order valence-electron chi connectivity index (χ0n) is 11.1.